The van der Waals surface area contributed by atoms with Gasteiger partial charge in [0.15, 0.2) is 0 Å². The predicted molar refractivity (Wildman–Crippen MR) is 61.4 cm³/mol. The standard InChI is InChI=1S/C13H18FNO/c1-8-6-10(4-5-12(8)14)11(7-13(15)16)9-2-3-9/h4-6,9,11,13,16H,2-3,7,15H2,1H3. The lowest BCUT2D eigenvalue weighted by atomic mass is 9.89. The van der Waals surface area contributed by atoms with Gasteiger partial charge in [-0.15, -0.1) is 0 Å². The van der Waals surface area contributed by atoms with Gasteiger partial charge in [0.05, 0.1) is 0 Å². The Morgan fingerprint density at radius 2 is 2.19 bits per heavy atom. The van der Waals surface area contributed by atoms with E-state index >= 15 is 0 Å². The van der Waals surface area contributed by atoms with Crippen LogP contribution in [0.1, 0.15) is 36.3 Å². The molecule has 2 nitrogen and oxygen atoms in total. The molecule has 88 valence electrons. The Hall–Kier alpha value is -0.930. The van der Waals surface area contributed by atoms with Crippen molar-refractivity contribution in [1.29, 1.82) is 0 Å². The molecule has 0 spiro atoms. The van der Waals surface area contributed by atoms with Gasteiger partial charge in [-0.1, -0.05) is 12.1 Å². The van der Waals surface area contributed by atoms with Crippen molar-refractivity contribution >= 4 is 0 Å². The van der Waals surface area contributed by atoms with Crippen LogP contribution in [0.2, 0.25) is 0 Å². The summed E-state index contributed by atoms with van der Waals surface area (Å²) in [5.74, 6) is 0.717. The summed E-state index contributed by atoms with van der Waals surface area (Å²) in [6, 6.07) is 5.19. The SMILES string of the molecule is Cc1cc(C(CC(N)O)C2CC2)ccc1F. The van der Waals surface area contributed by atoms with Crippen LogP contribution in [-0.2, 0) is 0 Å². The van der Waals surface area contributed by atoms with E-state index in [1.165, 1.54) is 18.9 Å². The van der Waals surface area contributed by atoms with Crippen molar-refractivity contribution in [3.8, 4) is 0 Å². The van der Waals surface area contributed by atoms with Gasteiger partial charge in [0, 0.05) is 0 Å². The van der Waals surface area contributed by atoms with Gasteiger partial charge in [0.1, 0.15) is 12.0 Å². The highest BCUT2D eigenvalue weighted by Crippen LogP contribution is 2.44. The van der Waals surface area contributed by atoms with E-state index in [0.29, 0.717) is 17.9 Å². The van der Waals surface area contributed by atoms with E-state index in [0.717, 1.165) is 5.56 Å². The molecule has 2 unspecified atom stereocenters. The lowest BCUT2D eigenvalue weighted by molar-refractivity contribution is 0.158. The zero-order valence-corrected chi connectivity index (χ0v) is 9.49. The van der Waals surface area contributed by atoms with E-state index in [1.54, 1.807) is 6.92 Å². The summed E-state index contributed by atoms with van der Waals surface area (Å²) in [7, 11) is 0. The van der Waals surface area contributed by atoms with Crippen molar-refractivity contribution < 1.29 is 9.50 Å². The van der Waals surface area contributed by atoms with Crippen molar-refractivity contribution in [3.05, 3.63) is 35.1 Å². The van der Waals surface area contributed by atoms with Crippen molar-refractivity contribution in [2.45, 2.75) is 38.3 Å². The minimum absolute atomic E-state index is 0.174. The van der Waals surface area contributed by atoms with Gasteiger partial charge < -0.3 is 10.8 Å². The zero-order chi connectivity index (χ0) is 11.7. The Morgan fingerprint density at radius 3 is 2.69 bits per heavy atom. The Bertz CT molecular complexity index is 374. The fraction of sp³-hybridized carbons (Fsp3) is 0.538. The lowest BCUT2D eigenvalue weighted by Crippen LogP contribution is -2.22. The van der Waals surface area contributed by atoms with Gasteiger partial charge in [0.25, 0.3) is 0 Å². The zero-order valence-electron chi connectivity index (χ0n) is 9.49. The molecule has 2 rings (SSSR count). The first-order valence-corrected chi connectivity index (χ1v) is 5.77. The normalized spacial score (nSPS) is 19.5. The maximum Gasteiger partial charge on any atom is 0.126 e. The molecule has 1 fully saturated rings. The third kappa shape index (κ3) is 2.60. The topological polar surface area (TPSA) is 46.2 Å². The summed E-state index contributed by atoms with van der Waals surface area (Å²) in [5.41, 5.74) is 7.21. The van der Waals surface area contributed by atoms with Crippen LogP contribution in [0.15, 0.2) is 18.2 Å². The molecule has 3 heteroatoms. The second kappa shape index (κ2) is 4.52. The lowest BCUT2D eigenvalue weighted by Gasteiger charge is -2.19. The summed E-state index contributed by atoms with van der Waals surface area (Å²) < 4.78 is 13.2. The van der Waals surface area contributed by atoms with Crippen LogP contribution < -0.4 is 5.73 Å². The second-order valence-electron chi connectivity index (χ2n) is 4.76. The Labute approximate surface area is 95.3 Å². The van der Waals surface area contributed by atoms with E-state index in [-0.39, 0.29) is 11.7 Å². The maximum absolute atomic E-state index is 13.2. The number of aliphatic hydroxyl groups excluding tert-OH is 1. The molecule has 1 aliphatic rings. The quantitative estimate of drug-likeness (QED) is 0.769. The molecule has 3 N–H and O–H groups in total. The molecule has 0 aromatic heterocycles. The Kier molecular flexibility index (Phi) is 3.26. The molecule has 1 aliphatic carbocycles. The molecule has 1 aromatic carbocycles. The number of nitrogens with two attached hydrogens (primary N) is 1. The van der Waals surface area contributed by atoms with E-state index in [9.17, 15) is 9.50 Å². The van der Waals surface area contributed by atoms with E-state index < -0.39 is 6.23 Å². The van der Waals surface area contributed by atoms with Gasteiger partial charge >= 0.3 is 0 Å². The highest BCUT2D eigenvalue weighted by atomic mass is 19.1. The summed E-state index contributed by atoms with van der Waals surface area (Å²) in [6.45, 7) is 1.77. The molecule has 1 aromatic rings. The first kappa shape index (κ1) is 11.6. The first-order valence-electron chi connectivity index (χ1n) is 5.77. The predicted octanol–water partition coefficient (Wildman–Crippen LogP) is 2.29. The van der Waals surface area contributed by atoms with Crippen LogP contribution >= 0.6 is 0 Å². The molecule has 0 radical (unpaired) electrons. The van der Waals surface area contributed by atoms with Crippen molar-refractivity contribution in [2.75, 3.05) is 0 Å². The van der Waals surface area contributed by atoms with Crippen molar-refractivity contribution in [3.63, 3.8) is 0 Å². The average Bonchev–Trinajstić information content (AvgIpc) is 3.02. The fourth-order valence-electron chi connectivity index (χ4n) is 2.26. The van der Waals surface area contributed by atoms with E-state index in [1.807, 2.05) is 12.1 Å². The number of hydrogen-bond donors (Lipinski definition) is 2. The van der Waals surface area contributed by atoms with Crippen LogP contribution in [0, 0.1) is 18.7 Å². The molecule has 0 heterocycles. The summed E-state index contributed by atoms with van der Waals surface area (Å²) in [4.78, 5) is 0. The molecule has 0 saturated heterocycles. The highest BCUT2D eigenvalue weighted by molar-refractivity contribution is 5.28. The smallest absolute Gasteiger partial charge is 0.126 e. The number of rotatable bonds is 4. The van der Waals surface area contributed by atoms with Crippen LogP contribution in [-0.4, -0.2) is 11.3 Å². The van der Waals surface area contributed by atoms with Gasteiger partial charge in [-0.3, -0.25) is 0 Å². The monoisotopic (exact) mass is 223 g/mol. The molecule has 0 bridgehead atoms. The second-order valence-corrected chi connectivity index (χ2v) is 4.76. The highest BCUT2D eigenvalue weighted by Gasteiger charge is 2.33. The summed E-state index contributed by atoms with van der Waals surface area (Å²) in [5, 5.41) is 9.29. The largest absolute Gasteiger partial charge is 0.379 e. The Balaban J connectivity index is 2.20. The third-order valence-electron chi connectivity index (χ3n) is 3.30. The molecular formula is C13H18FNO. The van der Waals surface area contributed by atoms with Crippen molar-refractivity contribution in [1.82, 2.24) is 0 Å². The number of benzene rings is 1. The van der Waals surface area contributed by atoms with E-state index in [4.69, 9.17) is 5.73 Å². The minimum Gasteiger partial charge on any atom is -0.379 e. The first-order chi connectivity index (χ1) is 7.58. The molecule has 0 amide bonds. The third-order valence-corrected chi connectivity index (χ3v) is 3.30. The molecular weight excluding hydrogens is 205 g/mol. The van der Waals surface area contributed by atoms with Crippen LogP contribution in [0.4, 0.5) is 4.39 Å². The van der Waals surface area contributed by atoms with Gasteiger partial charge in [0.2, 0.25) is 0 Å². The van der Waals surface area contributed by atoms with Crippen molar-refractivity contribution in [2.24, 2.45) is 11.7 Å². The average molecular weight is 223 g/mol. The van der Waals surface area contributed by atoms with Gasteiger partial charge in [-0.25, -0.2) is 4.39 Å². The van der Waals surface area contributed by atoms with E-state index in [2.05, 4.69) is 0 Å². The number of halogens is 1. The molecule has 0 aliphatic heterocycles. The number of aryl methyl sites for hydroxylation is 1. The molecule has 16 heavy (non-hydrogen) atoms. The van der Waals surface area contributed by atoms with Gasteiger partial charge in [-0.2, -0.15) is 0 Å². The van der Waals surface area contributed by atoms with Gasteiger partial charge in [-0.05, 0) is 55.2 Å². The summed E-state index contributed by atoms with van der Waals surface area (Å²) in [6.07, 6.45) is 2.16. The molecule has 1 saturated carbocycles. The molecule has 2 atom stereocenters. The van der Waals surface area contributed by atoms with Crippen LogP contribution in [0.25, 0.3) is 0 Å². The maximum atomic E-state index is 13.2. The number of hydrogen-bond acceptors (Lipinski definition) is 2. The number of aliphatic hydroxyl groups is 1. The Morgan fingerprint density at radius 1 is 1.50 bits per heavy atom. The minimum atomic E-state index is -0.782. The summed E-state index contributed by atoms with van der Waals surface area (Å²) >= 11 is 0. The van der Waals surface area contributed by atoms with Crippen LogP contribution in [0.3, 0.4) is 0 Å². The van der Waals surface area contributed by atoms with Crippen LogP contribution in [0.5, 0.6) is 0 Å². The fourth-order valence-corrected chi connectivity index (χ4v) is 2.26.